The SMILES string of the molecule is CCCCCCCC(=O)Nc1cc(C(=O)N(C)C)ccc1OC. The highest BCUT2D eigenvalue weighted by molar-refractivity contribution is 5.98. The summed E-state index contributed by atoms with van der Waals surface area (Å²) in [7, 11) is 4.94. The normalized spacial score (nSPS) is 10.3. The minimum atomic E-state index is -0.109. The molecular weight excluding hydrogens is 292 g/mol. The van der Waals surface area contributed by atoms with Gasteiger partial charge in [0.15, 0.2) is 0 Å². The van der Waals surface area contributed by atoms with Crippen molar-refractivity contribution in [2.45, 2.75) is 45.4 Å². The molecule has 0 aromatic heterocycles. The van der Waals surface area contributed by atoms with Gasteiger partial charge in [-0.15, -0.1) is 0 Å². The standard InChI is InChI=1S/C18H28N2O3/c1-5-6-7-8-9-10-17(21)19-15-13-14(18(22)20(2)3)11-12-16(15)23-4/h11-13H,5-10H2,1-4H3,(H,19,21). The van der Waals surface area contributed by atoms with E-state index in [2.05, 4.69) is 12.2 Å². The Morgan fingerprint density at radius 2 is 1.83 bits per heavy atom. The minimum absolute atomic E-state index is 0.0470. The van der Waals surface area contributed by atoms with E-state index in [1.807, 2.05) is 0 Å². The number of amides is 2. The Morgan fingerprint density at radius 1 is 1.13 bits per heavy atom. The third-order valence-corrected chi connectivity index (χ3v) is 3.63. The number of methoxy groups -OCH3 is 1. The number of hydrogen-bond acceptors (Lipinski definition) is 3. The van der Waals surface area contributed by atoms with E-state index >= 15 is 0 Å². The van der Waals surface area contributed by atoms with Gasteiger partial charge in [0, 0.05) is 26.1 Å². The van der Waals surface area contributed by atoms with Crippen molar-refractivity contribution in [2.24, 2.45) is 0 Å². The highest BCUT2D eigenvalue weighted by Gasteiger charge is 2.13. The van der Waals surface area contributed by atoms with Gasteiger partial charge in [-0.1, -0.05) is 32.6 Å². The molecule has 1 aromatic carbocycles. The number of rotatable bonds is 9. The van der Waals surface area contributed by atoms with Crippen LogP contribution in [0.1, 0.15) is 55.8 Å². The lowest BCUT2D eigenvalue weighted by Gasteiger charge is -2.14. The van der Waals surface area contributed by atoms with Crippen LogP contribution in [-0.2, 0) is 4.79 Å². The molecule has 0 aliphatic carbocycles. The zero-order valence-electron chi connectivity index (χ0n) is 14.6. The lowest BCUT2D eigenvalue weighted by Crippen LogP contribution is -2.22. The molecule has 5 nitrogen and oxygen atoms in total. The van der Waals surface area contributed by atoms with E-state index in [1.54, 1.807) is 39.4 Å². The topological polar surface area (TPSA) is 58.6 Å². The van der Waals surface area contributed by atoms with Crippen LogP contribution in [0.5, 0.6) is 5.75 Å². The van der Waals surface area contributed by atoms with Gasteiger partial charge in [0.05, 0.1) is 12.8 Å². The Morgan fingerprint density at radius 3 is 2.43 bits per heavy atom. The van der Waals surface area contributed by atoms with Crippen molar-refractivity contribution < 1.29 is 14.3 Å². The molecule has 0 saturated heterocycles. The molecule has 1 aromatic rings. The summed E-state index contributed by atoms with van der Waals surface area (Å²) in [5.41, 5.74) is 1.06. The highest BCUT2D eigenvalue weighted by Crippen LogP contribution is 2.26. The second-order valence-corrected chi connectivity index (χ2v) is 5.83. The predicted molar refractivity (Wildman–Crippen MR) is 93.0 cm³/mol. The minimum Gasteiger partial charge on any atom is -0.495 e. The van der Waals surface area contributed by atoms with Gasteiger partial charge >= 0.3 is 0 Å². The maximum absolute atomic E-state index is 12.1. The summed E-state index contributed by atoms with van der Waals surface area (Å²) in [6.45, 7) is 2.17. The molecule has 2 amide bonds. The quantitative estimate of drug-likeness (QED) is 0.706. The largest absolute Gasteiger partial charge is 0.495 e. The molecule has 23 heavy (non-hydrogen) atoms. The molecule has 0 heterocycles. The van der Waals surface area contributed by atoms with Crippen LogP contribution in [0.25, 0.3) is 0 Å². The Bertz CT molecular complexity index is 527. The van der Waals surface area contributed by atoms with Crippen LogP contribution in [0, 0.1) is 0 Å². The molecule has 1 N–H and O–H groups in total. The molecule has 5 heteroatoms. The van der Waals surface area contributed by atoms with Gasteiger partial charge in [0.2, 0.25) is 5.91 Å². The van der Waals surface area contributed by atoms with Crippen molar-refractivity contribution >= 4 is 17.5 Å². The first-order chi connectivity index (χ1) is 11.0. The zero-order chi connectivity index (χ0) is 17.2. The van der Waals surface area contributed by atoms with E-state index in [4.69, 9.17) is 4.74 Å². The average molecular weight is 320 g/mol. The Labute approximate surface area is 139 Å². The molecule has 1 rings (SSSR count). The molecule has 0 aliphatic rings. The summed E-state index contributed by atoms with van der Waals surface area (Å²) >= 11 is 0. The lowest BCUT2D eigenvalue weighted by molar-refractivity contribution is -0.116. The first-order valence-corrected chi connectivity index (χ1v) is 8.19. The van der Waals surface area contributed by atoms with Gasteiger partial charge in [-0.05, 0) is 24.6 Å². The number of benzene rings is 1. The van der Waals surface area contributed by atoms with Gasteiger partial charge in [-0.2, -0.15) is 0 Å². The van der Waals surface area contributed by atoms with E-state index in [1.165, 1.54) is 24.2 Å². The number of carbonyl (C=O) groups is 2. The summed E-state index contributed by atoms with van der Waals surface area (Å²) in [4.78, 5) is 25.6. The predicted octanol–water partition coefficient (Wildman–Crippen LogP) is 3.70. The fourth-order valence-corrected chi connectivity index (χ4v) is 2.30. The Balaban J connectivity index is 2.68. The summed E-state index contributed by atoms with van der Waals surface area (Å²) in [6.07, 6.45) is 6.00. The van der Waals surface area contributed by atoms with E-state index in [0.29, 0.717) is 23.4 Å². The van der Waals surface area contributed by atoms with Gasteiger partial charge in [-0.3, -0.25) is 9.59 Å². The second-order valence-electron chi connectivity index (χ2n) is 5.83. The number of unbranched alkanes of at least 4 members (excludes halogenated alkanes) is 4. The molecular formula is C18H28N2O3. The smallest absolute Gasteiger partial charge is 0.253 e. The fraction of sp³-hybridized carbons (Fsp3) is 0.556. The van der Waals surface area contributed by atoms with Gasteiger partial charge in [-0.25, -0.2) is 0 Å². The average Bonchev–Trinajstić information content (AvgIpc) is 2.53. The van der Waals surface area contributed by atoms with Gasteiger partial charge in [0.1, 0.15) is 5.75 Å². The van der Waals surface area contributed by atoms with Crippen molar-refractivity contribution in [3.63, 3.8) is 0 Å². The molecule has 128 valence electrons. The number of anilines is 1. The summed E-state index contributed by atoms with van der Waals surface area (Å²) in [5.74, 6) is 0.400. The molecule has 0 radical (unpaired) electrons. The third-order valence-electron chi connectivity index (χ3n) is 3.63. The lowest BCUT2D eigenvalue weighted by atomic mass is 10.1. The molecule has 0 bridgehead atoms. The molecule has 0 spiro atoms. The third kappa shape index (κ3) is 6.30. The first kappa shape index (κ1) is 19.0. The number of hydrogen-bond donors (Lipinski definition) is 1. The Hall–Kier alpha value is -2.04. The van der Waals surface area contributed by atoms with E-state index in [9.17, 15) is 9.59 Å². The fourth-order valence-electron chi connectivity index (χ4n) is 2.30. The zero-order valence-corrected chi connectivity index (χ0v) is 14.6. The number of nitrogens with one attached hydrogen (secondary N) is 1. The van der Waals surface area contributed by atoms with Crippen molar-refractivity contribution in [3.05, 3.63) is 23.8 Å². The summed E-state index contributed by atoms with van der Waals surface area (Å²) < 4.78 is 5.26. The van der Waals surface area contributed by atoms with Crippen LogP contribution in [-0.4, -0.2) is 37.9 Å². The summed E-state index contributed by atoms with van der Waals surface area (Å²) in [6, 6.07) is 5.06. The van der Waals surface area contributed by atoms with Crippen LogP contribution < -0.4 is 10.1 Å². The maximum Gasteiger partial charge on any atom is 0.253 e. The number of ether oxygens (including phenoxy) is 1. The monoisotopic (exact) mass is 320 g/mol. The van der Waals surface area contributed by atoms with Crippen LogP contribution in [0.3, 0.4) is 0 Å². The van der Waals surface area contributed by atoms with E-state index in [0.717, 1.165) is 12.8 Å². The van der Waals surface area contributed by atoms with Crippen LogP contribution in [0.4, 0.5) is 5.69 Å². The first-order valence-electron chi connectivity index (χ1n) is 8.19. The van der Waals surface area contributed by atoms with Crippen LogP contribution >= 0.6 is 0 Å². The van der Waals surface area contributed by atoms with Crippen molar-refractivity contribution in [3.8, 4) is 5.75 Å². The molecule has 0 fully saturated rings. The van der Waals surface area contributed by atoms with Crippen LogP contribution in [0.2, 0.25) is 0 Å². The summed E-state index contributed by atoms with van der Waals surface area (Å²) in [5, 5.41) is 2.85. The van der Waals surface area contributed by atoms with Crippen molar-refractivity contribution in [1.29, 1.82) is 0 Å². The number of carbonyl (C=O) groups excluding carboxylic acids is 2. The van der Waals surface area contributed by atoms with Gasteiger partial charge < -0.3 is 15.0 Å². The molecule has 0 atom stereocenters. The molecule has 0 aliphatic heterocycles. The second kappa shape index (κ2) is 9.87. The molecule has 0 saturated carbocycles. The number of nitrogens with zero attached hydrogens (tertiary/aromatic N) is 1. The van der Waals surface area contributed by atoms with E-state index < -0.39 is 0 Å². The van der Waals surface area contributed by atoms with Crippen molar-refractivity contribution in [1.82, 2.24) is 4.90 Å². The Kier molecular flexibility index (Phi) is 8.16. The highest BCUT2D eigenvalue weighted by atomic mass is 16.5. The van der Waals surface area contributed by atoms with Crippen LogP contribution in [0.15, 0.2) is 18.2 Å². The van der Waals surface area contributed by atoms with E-state index in [-0.39, 0.29) is 11.8 Å². The van der Waals surface area contributed by atoms with Gasteiger partial charge in [0.25, 0.3) is 5.91 Å². The maximum atomic E-state index is 12.1. The molecule has 0 unspecified atom stereocenters. The van der Waals surface area contributed by atoms with Crippen molar-refractivity contribution in [2.75, 3.05) is 26.5 Å².